The number of alkyl halides is 1. The Labute approximate surface area is 193 Å². The number of Topliss-reactive ketones (excluding diaryl/α,β-unsaturated/α-hetero) is 1. The van der Waals surface area contributed by atoms with Crippen LogP contribution >= 0.6 is 11.6 Å². The van der Waals surface area contributed by atoms with Crippen LogP contribution in [0.4, 0.5) is 0 Å². The van der Waals surface area contributed by atoms with Crippen molar-refractivity contribution in [2.45, 2.75) is 25.7 Å². The van der Waals surface area contributed by atoms with Gasteiger partial charge in [-0.3, -0.25) is 9.59 Å². The molecule has 0 bridgehead atoms. The highest BCUT2D eigenvalue weighted by Gasteiger charge is 2.21. The Morgan fingerprint density at radius 2 is 1.50 bits per heavy atom. The first-order chi connectivity index (χ1) is 15.6. The molecule has 0 saturated carbocycles. The van der Waals surface area contributed by atoms with Crippen molar-refractivity contribution in [3.05, 3.63) is 90.0 Å². The second-order valence-corrected chi connectivity index (χ2v) is 8.06. The number of carbonyl (C=O) groups is 2. The molecule has 0 aliphatic carbocycles. The number of carbonyl (C=O) groups excluding carboxylic acids is 1. The monoisotopic (exact) mass is 450 g/mol. The second-order valence-electron chi connectivity index (χ2n) is 7.68. The van der Waals surface area contributed by atoms with Gasteiger partial charge in [-0.15, -0.1) is 11.6 Å². The van der Waals surface area contributed by atoms with Crippen molar-refractivity contribution in [2.24, 2.45) is 5.92 Å². The Morgan fingerprint density at radius 1 is 0.875 bits per heavy atom. The van der Waals surface area contributed by atoms with Crippen LogP contribution in [0.5, 0.6) is 5.75 Å². The minimum Gasteiger partial charge on any atom is -0.492 e. The summed E-state index contributed by atoms with van der Waals surface area (Å²) < 4.78 is 5.48. The number of ether oxygens (including phenoxy) is 1. The standard InChI is InChI=1S/C27H27ClO4/c28-17-18-32-25-15-13-22(14-16-25)21-9-11-23(12-10-21)26(29)19-24(27(30)31)8-4-7-20-5-2-1-3-6-20/h1-3,5-6,9-16,24H,4,7-8,17-19H2,(H,30,31). The van der Waals surface area contributed by atoms with Gasteiger partial charge in [0.1, 0.15) is 12.4 Å². The summed E-state index contributed by atoms with van der Waals surface area (Å²) in [6, 6.07) is 24.9. The molecule has 0 aromatic heterocycles. The first-order valence-corrected chi connectivity index (χ1v) is 11.3. The van der Waals surface area contributed by atoms with E-state index < -0.39 is 11.9 Å². The summed E-state index contributed by atoms with van der Waals surface area (Å²) in [7, 11) is 0. The SMILES string of the molecule is O=C(CC(CCCc1ccccc1)C(=O)O)c1ccc(-c2ccc(OCCCl)cc2)cc1. The van der Waals surface area contributed by atoms with Crippen LogP contribution in [0.1, 0.15) is 35.2 Å². The zero-order valence-electron chi connectivity index (χ0n) is 17.9. The number of aliphatic carboxylic acids is 1. The molecule has 32 heavy (non-hydrogen) atoms. The predicted octanol–water partition coefficient (Wildman–Crippen LogP) is 6.27. The second kappa shape index (κ2) is 12.1. The Balaban J connectivity index is 1.56. The number of ketones is 1. The molecule has 1 N–H and O–H groups in total. The summed E-state index contributed by atoms with van der Waals surface area (Å²) in [4.78, 5) is 24.4. The fourth-order valence-corrected chi connectivity index (χ4v) is 3.68. The zero-order valence-corrected chi connectivity index (χ0v) is 18.6. The quantitative estimate of drug-likeness (QED) is 0.261. The van der Waals surface area contributed by atoms with Gasteiger partial charge in [0.2, 0.25) is 0 Å². The third-order valence-electron chi connectivity index (χ3n) is 5.38. The summed E-state index contributed by atoms with van der Waals surface area (Å²) in [5.74, 6) is -0.542. The summed E-state index contributed by atoms with van der Waals surface area (Å²) >= 11 is 5.63. The van der Waals surface area contributed by atoms with Gasteiger partial charge in [0, 0.05) is 12.0 Å². The van der Waals surface area contributed by atoms with E-state index in [4.69, 9.17) is 16.3 Å². The van der Waals surface area contributed by atoms with Crippen molar-refractivity contribution in [1.29, 1.82) is 0 Å². The molecule has 0 aliphatic rings. The Morgan fingerprint density at radius 3 is 2.09 bits per heavy atom. The first kappa shape index (κ1) is 23.6. The molecule has 1 atom stereocenters. The molecule has 3 rings (SSSR count). The number of hydrogen-bond acceptors (Lipinski definition) is 3. The maximum absolute atomic E-state index is 12.7. The molecule has 0 heterocycles. The number of carboxylic acid groups (broad SMARTS) is 1. The third kappa shape index (κ3) is 6.96. The number of halogens is 1. The molecule has 5 heteroatoms. The van der Waals surface area contributed by atoms with E-state index >= 15 is 0 Å². The van der Waals surface area contributed by atoms with E-state index in [1.165, 1.54) is 5.56 Å². The first-order valence-electron chi connectivity index (χ1n) is 10.8. The minimum absolute atomic E-state index is 0.01000. The van der Waals surface area contributed by atoms with E-state index in [0.29, 0.717) is 24.5 Å². The lowest BCUT2D eigenvalue weighted by molar-refractivity contribution is -0.141. The third-order valence-corrected chi connectivity index (χ3v) is 5.54. The average molecular weight is 451 g/mol. The average Bonchev–Trinajstić information content (AvgIpc) is 2.83. The molecule has 4 nitrogen and oxygen atoms in total. The van der Waals surface area contributed by atoms with Crippen LogP contribution in [0.15, 0.2) is 78.9 Å². The van der Waals surface area contributed by atoms with Gasteiger partial charge in [-0.1, -0.05) is 66.7 Å². The minimum atomic E-state index is -0.917. The Hall–Kier alpha value is -3.11. The van der Waals surface area contributed by atoms with E-state index in [0.717, 1.165) is 29.7 Å². The van der Waals surface area contributed by atoms with Crippen LogP contribution in [0, 0.1) is 5.92 Å². The normalized spacial score (nSPS) is 11.7. The summed E-state index contributed by atoms with van der Waals surface area (Å²) in [5.41, 5.74) is 3.69. The maximum Gasteiger partial charge on any atom is 0.306 e. The number of benzene rings is 3. The molecule has 0 amide bonds. The lowest BCUT2D eigenvalue weighted by Gasteiger charge is -2.12. The molecule has 3 aromatic rings. The van der Waals surface area contributed by atoms with Gasteiger partial charge in [-0.05, 0) is 48.1 Å². The van der Waals surface area contributed by atoms with Crippen molar-refractivity contribution in [3.8, 4) is 16.9 Å². The van der Waals surface area contributed by atoms with E-state index in [1.807, 2.05) is 66.7 Å². The molecule has 0 saturated heterocycles. The molecule has 166 valence electrons. The molecule has 1 unspecified atom stereocenters. The topological polar surface area (TPSA) is 63.6 Å². The van der Waals surface area contributed by atoms with Crippen LogP contribution in [0.3, 0.4) is 0 Å². The van der Waals surface area contributed by atoms with E-state index in [2.05, 4.69) is 0 Å². The Kier molecular flexibility index (Phi) is 8.88. The fourth-order valence-electron chi connectivity index (χ4n) is 3.60. The highest BCUT2D eigenvalue weighted by molar-refractivity contribution is 6.18. The van der Waals surface area contributed by atoms with Gasteiger partial charge < -0.3 is 9.84 Å². The van der Waals surface area contributed by atoms with Gasteiger partial charge in [-0.2, -0.15) is 0 Å². The molecule has 0 fully saturated rings. The molecule has 3 aromatic carbocycles. The van der Waals surface area contributed by atoms with Crippen molar-refractivity contribution < 1.29 is 19.4 Å². The van der Waals surface area contributed by atoms with Crippen LogP contribution in [-0.4, -0.2) is 29.3 Å². The maximum atomic E-state index is 12.7. The largest absolute Gasteiger partial charge is 0.492 e. The van der Waals surface area contributed by atoms with E-state index in [1.54, 1.807) is 12.1 Å². The van der Waals surface area contributed by atoms with Crippen molar-refractivity contribution in [3.63, 3.8) is 0 Å². The van der Waals surface area contributed by atoms with Gasteiger partial charge in [0.15, 0.2) is 5.78 Å². The van der Waals surface area contributed by atoms with Gasteiger partial charge in [-0.25, -0.2) is 0 Å². The molecular weight excluding hydrogens is 424 g/mol. The number of aryl methyl sites for hydroxylation is 1. The van der Waals surface area contributed by atoms with E-state index in [9.17, 15) is 14.7 Å². The number of rotatable bonds is 12. The lowest BCUT2D eigenvalue weighted by Crippen LogP contribution is -2.18. The summed E-state index contributed by atoms with van der Waals surface area (Å²) in [6.45, 7) is 0.460. The molecule has 0 aliphatic heterocycles. The van der Waals surface area contributed by atoms with Crippen molar-refractivity contribution in [2.75, 3.05) is 12.5 Å². The predicted molar refractivity (Wildman–Crippen MR) is 128 cm³/mol. The zero-order chi connectivity index (χ0) is 22.8. The molecular formula is C27H27ClO4. The molecule has 0 spiro atoms. The van der Waals surface area contributed by atoms with Gasteiger partial charge in [0.05, 0.1) is 11.8 Å². The van der Waals surface area contributed by atoms with Crippen LogP contribution in [0.25, 0.3) is 11.1 Å². The summed E-state index contributed by atoms with van der Waals surface area (Å²) in [6.07, 6.45) is 2.03. The van der Waals surface area contributed by atoms with Gasteiger partial charge in [0.25, 0.3) is 0 Å². The highest BCUT2D eigenvalue weighted by atomic mass is 35.5. The Bertz CT molecular complexity index is 998. The lowest BCUT2D eigenvalue weighted by atomic mass is 9.92. The smallest absolute Gasteiger partial charge is 0.306 e. The van der Waals surface area contributed by atoms with Crippen molar-refractivity contribution >= 4 is 23.4 Å². The van der Waals surface area contributed by atoms with Gasteiger partial charge >= 0.3 is 5.97 Å². The molecule has 0 radical (unpaired) electrons. The van der Waals surface area contributed by atoms with E-state index in [-0.39, 0.29) is 12.2 Å². The highest BCUT2D eigenvalue weighted by Crippen LogP contribution is 2.24. The number of carboxylic acids is 1. The van der Waals surface area contributed by atoms with Crippen LogP contribution in [-0.2, 0) is 11.2 Å². The van der Waals surface area contributed by atoms with Crippen molar-refractivity contribution in [1.82, 2.24) is 0 Å². The van der Waals surface area contributed by atoms with Crippen LogP contribution in [0.2, 0.25) is 0 Å². The fraction of sp³-hybridized carbons (Fsp3) is 0.259. The van der Waals surface area contributed by atoms with Crippen LogP contribution < -0.4 is 4.74 Å². The summed E-state index contributed by atoms with van der Waals surface area (Å²) in [5, 5.41) is 9.57. The number of hydrogen-bond donors (Lipinski definition) is 1.